The van der Waals surface area contributed by atoms with Crippen molar-refractivity contribution in [2.45, 2.75) is 18.7 Å². The van der Waals surface area contributed by atoms with Gasteiger partial charge < -0.3 is 14.6 Å². The molecule has 0 saturated carbocycles. The molecule has 0 radical (unpaired) electrons. The number of hydrogen-bond donors (Lipinski definition) is 2. The van der Waals surface area contributed by atoms with Gasteiger partial charge in [0.05, 0.1) is 17.4 Å². The van der Waals surface area contributed by atoms with Gasteiger partial charge in [0.25, 0.3) is 12.7 Å². The van der Waals surface area contributed by atoms with Crippen LogP contribution < -0.4 is 15.3 Å². The monoisotopic (exact) mass is 670 g/mol. The third-order valence-electron chi connectivity index (χ3n) is 7.35. The van der Waals surface area contributed by atoms with Gasteiger partial charge in [0.15, 0.2) is 0 Å². The molecule has 4 aromatic carbocycles. The van der Waals surface area contributed by atoms with E-state index in [2.05, 4.69) is 37.2 Å². The van der Waals surface area contributed by atoms with Crippen molar-refractivity contribution in [3.05, 3.63) is 122 Å². The summed E-state index contributed by atoms with van der Waals surface area (Å²) in [5.41, 5.74) is 5.68. The zero-order valence-electron chi connectivity index (χ0n) is 21.1. The van der Waals surface area contributed by atoms with Gasteiger partial charge in [-0.05, 0) is 79.9 Å². The highest BCUT2D eigenvalue weighted by atomic mass is 79.9. The van der Waals surface area contributed by atoms with Crippen LogP contribution in [0.3, 0.4) is 0 Å². The van der Waals surface area contributed by atoms with Crippen LogP contribution in [0.1, 0.15) is 33.9 Å². The first kappa shape index (κ1) is 24.6. The lowest BCUT2D eigenvalue weighted by Gasteiger charge is -2.38. The highest BCUT2D eigenvalue weighted by Gasteiger charge is 2.44. The Morgan fingerprint density at radius 1 is 0.732 bits per heavy atom. The average molecular weight is 672 g/mol. The first-order chi connectivity index (χ1) is 20.1. The highest BCUT2D eigenvalue weighted by Crippen LogP contribution is 2.49. The van der Waals surface area contributed by atoms with Gasteiger partial charge in [-0.2, -0.15) is 0 Å². The molecule has 3 unspecified atom stereocenters. The van der Waals surface area contributed by atoms with E-state index in [9.17, 15) is 5.11 Å². The minimum atomic E-state index is -0.617. The van der Waals surface area contributed by atoms with Crippen molar-refractivity contribution in [1.29, 1.82) is 0 Å². The summed E-state index contributed by atoms with van der Waals surface area (Å²) in [5, 5.41) is 27.9. The number of phenols is 1. The lowest BCUT2D eigenvalue weighted by molar-refractivity contribution is 0.154. The van der Waals surface area contributed by atoms with E-state index in [0.717, 1.165) is 42.6 Å². The van der Waals surface area contributed by atoms with Gasteiger partial charge in [-0.15, -0.1) is 10.2 Å². The van der Waals surface area contributed by atoms with Crippen LogP contribution in [0.4, 0.5) is 11.4 Å². The second-order valence-electron chi connectivity index (χ2n) is 9.75. The van der Waals surface area contributed by atoms with E-state index in [1.165, 1.54) is 0 Å². The lowest BCUT2D eigenvalue weighted by atomic mass is 9.90. The Morgan fingerprint density at radius 2 is 1.37 bits per heavy atom. The number of hydrazone groups is 2. The molecule has 4 aliphatic rings. The summed E-state index contributed by atoms with van der Waals surface area (Å²) < 4.78 is 14.1. The van der Waals surface area contributed by atoms with E-state index >= 15 is 0 Å². The van der Waals surface area contributed by atoms with Crippen LogP contribution in [-0.4, -0.2) is 35.8 Å². The van der Waals surface area contributed by atoms with Crippen LogP contribution >= 0.6 is 31.9 Å². The lowest BCUT2D eigenvalue weighted by Crippen LogP contribution is -2.48. The van der Waals surface area contributed by atoms with Crippen LogP contribution in [0.25, 0.3) is 0 Å². The maximum atomic E-state index is 11.2. The third kappa shape index (κ3) is 3.87. The number of aromatic hydroxyl groups is 1. The molecule has 202 valence electrons. The fourth-order valence-electron chi connectivity index (χ4n) is 5.50. The summed E-state index contributed by atoms with van der Waals surface area (Å²) in [5.74, 6) is 1.13. The second kappa shape index (κ2) is 9.44. The first-order valence-corrected chi connectivity index (χ1v) is 14.5. The maximum Gasteiger partial charge on any atom is 0.291 e. The molecular formula is C30H20Br2N6O3. The molecule has 2 N–H and O–H groups in total. The smallest absolute Gasteiger partial charge is 0.291 e. The molecule has 3 atom stereocenters. The quantitative estimate of drug-likeness (QED) is 0.277. The number of hydrogen-bond acceptors (Lipinski definition) is 9. The first-order valence-electron chi connectivity index (χ1n) is 12.9. The summed E-state index contributed by atoms with van der Waals surface area (Å²) in [4.78, 5) is 4.70. The molecule has 0 aliphatic carbocycles. The number of anilines is 2. The number of fused-ring (bicyclic) bond motifs is 6. The normalized spacial score (nSPS) is 21.7. The fraction of sp³-hybridized carbons (Fsp3) is 0.100. The fourth-order valence-corrected chi connectivity index (χ4v) is 6.56. The molecule has 4 heterocycles. The summed E-state index contributed by atoms with van der Waals surface area (Å²) in [7, 11) is 0. The number of ether oxygens (including phenoxy) is 2. The van der Waals surface area contributed by atoms with E-state index < -0.39 is 18.7 Å². The van der Waals surface area contributed by atoms with Gasteiger partial charge in [-0.3, -0.25) is 5.32 Å². The van der Waals surface area contributed by atoms with Gasteiger partial charge in [0, 0.05) is 37.4 Å². The average Bonchev–Trinajstić information content (AvgIpc) is 3.64. The standard InChI is InChI=1S/C30H20Br2N6O3/c31-20-12-11-18(19-15-33-29-37(25(19)20)35-27(40-29)16-7-3-1-4-8-16)24-23-22(39)14-13-21(32)26(23)38-30(34-24)41-28(36-38)17-9-5-2-6-10-17/h1-15,24,29-30,34,39H. The highest BCUT2D eigenvalue weighted by molar-refractivity contribution is 9.11. The molecule has 0 fully saturated rings. The van der Waals surface area contributed by atoms with E-state index in [0.29, 0.717) is 17.4 Å². The number of halogens is 2. The van der Waals surface area contributed by atoms with Gasteiger partial charge >= 0.3 is 0 Å². The molecule has 0 amide bonds. The number of phenolic OH excluding ortho intramolecular Hbond substituents is 1. The molecule has 4 aliphatic heterocycles. The number of nitrogens with one attached hydrogen (secondary N) is 1. The Bertz CT molecular complexity index is 1800. The molecule has 0 bridgehead atoms. The summed E-state index contributed by atoms with van der Waals surface area (Å²) in [6.07, 6.45) is 0.588. The summed E-state index contributed by atoms with van der Waals surface area (Å²) in [6.45, 7) is 0. The number of rotatable bonds is 3. The van der Waals surface area contributed by atoms with Crippen molar-refractivity contribution in [3.63, 3.8) is 0 Å². The zero-order chi connectivity index (χ0) is 27.7. The van der Waals surface area contributed by atoms with Crippen LogP contribution in [0.15, 0.2) is 109 Å². The SMILES string of the molecule is Oc1ccc(Br)c2c1C(c1ccc(Br)c3c1C=NC1OC(c4ccccc4)=NN31)NC1OC(c3ccccc3)=NN21. The van der Waals surface area contributed by atoms with E-state index in [-0.39, 0.29) is 5.75 Å². The second-order valence-corrected chi connectivity index (χ2v) is 11.5. The molecule has 0 aromatic heterocycles. The molecule has 8 rings (SSSR count). The van der Waals surface area contributed by atoms with Gasteiger partial charge in [0.1, 0.15) is 5.75 Å². The molecule has 0 saturated heterocycles. The molecule has 0 spiro atoms. The summed E-state index contributed by atoms with van der Waals surface area (Å²) in [6, 6.07) is 26.5. The van der Waals surface area contributed by atoms with E-state index in [1.54, 1.807) is 16.1 Å². The Hall–Kier alpha value is -4.19. The predicted octanol–water partition coefficient (Wildman–Crippen LogP) is 6.01. The maximum absolute atomic E-state index is 11.2. The Balaban J connectivity index is 1.24. The van der Waals surface area contributed by atoms with Crippen molar-refractivity contribution in [2.24, 2.45) is 15.2 Å². The minimum Gasteiger partial charge on any atom is -0.508 e. The number of benzene rings is 4. The Kier molecular flexibility index (Phi) is 5.66. The van der Waals surface area contributed by atoms with Crippen molar-refractivity contribution in [3.8, 4) is 5.75 Å². The van der Waals surface area contributed by atoms with E-state index in [4.69, 9.17) is 24.7 Å². The van der Waals surface area contributed by atoms with Crippen molar-refractivity contribution >= 4 is 61.2 Å². The van der Waals surface area contributed by atoms with Gasteiger partial charge in [-0.1, -0.05) is 42.5 Å². The zero-order valence-corrected chi connectivity index (χ0v) is 24.3. The van der Waals surface area contributed by atoms with Crippen LogP contribution in [-0.2, 0) is 9.47 Å². The van der Waals surface area contributed by atoms with Crippen LogP contribution in [0, 0.1) is 0 Å². The van der Waals surface area contributed by atoms with Gasteiger partial charge in [-0.25, -0.2) is 15.0 Å². The van der Waals surface area contributed by atoms with Crippen molar-refractivity contribution in [1.82, 2.24) is 5.32 Å². The molecule has 9 nitrogen and oxygen atoms in total. The minimum absolute atomic E-state index is 0.138. The van der Waals surface area contributed by atoms with Crippen LogP contribution in [0.2, 0.25) is 0 Å². The van der Waals surface area contributed by atoms with Crippen molar-refractivity contribution < 1.29 is 14.6 Å². The topological polar surface area (TPSA) is 94.3 Å². The molecular weight excluding hydrogens is 652 g/mol. The Morgan fingerprint density at radius 3 is 2.10 bits per heavy atom. The molecule has 11 heteroatoms. The predicted molar refractivity (Wildman–Crippen MR) is 163 cm³/mol. The number of nitrogens with zero attached hydrogens (tertiary/aromatic N) is 5. The number of aliphatic imine (C=N–C) groups is 1. The van der Waals surface area contributed by atoms with Crippen molar-refractivity contribution in [2.75, 3.05) is 10.0 Å². The Labute approximate surface area is 251 Å². The molecule has 41 heavy (non-hydrogen) atoms. The van der Waals surface area contributed by atoms with Gasteiger partial charge in [0.2, 0.25) is 11.8 Å². The third-order valence-corrected chi connectivity index (χ3v) is 8.63. The summed E-state index contributed by atoms with van der Waals surface area (Å²) >= 11 is 7.43. The molecule has 4 aromatic rings. The van der Waals surface area contributed by atoms with E-state index in [1.807, 2.05) is 85.1 Å². The van der Waals surface area contributed by atoms with Crippen LogP contribution in [0.5, 0.6) is 5.75 Å². The largest absolute Gasteiger partial charge is 0.508 e.